The molecule has 11 nitrogen and oxygen atoms in total. The van der Waals surface area contributed by atoms with Crippen molar-refractivity contribution in [3.8, 4) is 16.9 Å². The molecule has 2 aromatic heterocycles. The summed E-state index contributed by atoms with van der Waals surface area (Å²) in [5.41, 5.74) is 4.03. The van der Waals surface area contributed by atoms with Crippen LogP contribution in [0.4, 0.5) is 21.1 Å². The molecule has 0 saturated carbocycles. The molecule has 1 spiro atoms. The van der Waals surface area contributed by atoms with Crippen molar-refractivity contribution in [1.82, 2.24) is 20.1 Å². The SMILES string of the molecule is Cc1cc(OC(=O)O)ccc1-c1ccc(N2C(=O)N(c3cccnn3)C3(CCN(Cc4ncccc4C)CC3)C2=O)cc1. The average Bonchev–Trinajstić information content (AvgIpc) is 3.21. The van der Waals surface area contributed by atoms with Crippen LogP contribution in [0.25, 0.3) is 11.1 Å². The van der Waals surface area contributed by atoms with Crippen LogP contribution in [0.3, 0.4) is 0 Å². The Morgan fingerprint density at radius 1 is 0.953 bits per heavy atom. The van der Waals surface area contributed by atoms with Crippen molar-refractivity contribution in [3.63, 3.8) is 0 Å². The molecule has 0 atom stereocenters. The molecule has 6 rings (SSSR count). The van der Waals surface area contributed by atoms with Gasteiger partial charge in [-0.1, -0.05) is 24.3 Å². The molecular weight excluding hydrogens is 548 g/mol. The van der Waals surface area contributed by atoms with E-state index in [1.165, 1.54) is 16.0 Å². The lowest BCUT2D eigenvalue weighted by Crippen LogP contribution is -2.57. The Bertz CT molecular complexity index is 1690. The highest BCUT2D eigenvalue weighted by Crippen LogP contribution is 2.42. The number of amides is 3. The second-order valence-electron chi connectivity index (χ2n) is 10.8. The minimum absolute atomic E-state index is 0.231. The van der Waals surface area contributed by atoms with Gasteiger partial charge in [0.2, 0.25) is 0 Å². The largest absolute Gasteiger partial charge is 0.511 e. The molecule has 2 aliphatic rings. The van der Waals surface area contributed by atoms with Crippen LogP contribution in [-0.2, 0) is 11.3 Å². The number of aromatic nitrogens is 3. The van der Waals surface area contributed by atoms with E-state index >= 15 is 0 Å². The standard InChI is InChI=1S/C32H30N6O5/c1-21-5-3-15-33-27(21)20-36-17-13-32(14-18-36)29(39)37(30(40)38(32)28-6-4-16-34-35-28)24-9-7-23(8-10-24)26-12-11-25(19-22(26)2)43-31(41)42/h3-12,15-16,19H,13-14,17-18,20H2,1-2H3,(H,41,42). The summed E-state index contributed by atoms with van der Waals surface area (Å²) in [6.07, 6.45) is 2.83. The number of aryl methyl sites for hydroxylation is 2. The molecule has 2 aromatic carbocycles. The molecular formula is C32H30N6O5. The molecule has 218 valence electrons. The van der Waals surface area contributed by atoms with Crippen LogP contribution in [0.5, 0.6) is 5.75 Å². The number of carbonyl (C=O) groups is 3. The van der Waals surface area contributed by atoms with Crippen LogP contribution in [0, 0.1) is 13.8 Å². The maximum Gasteiger partial charge on any atom is 0.511 e. The number of piperidine rings is 1. The van der Waals surface area contributed by atoms with Gasteiger partial charge < -0.3 is 9.84 Å². The summed E-state index contributed by atoms with van der Waals surface area (Å²) in [5, 5.41) is 17.1. The summed E-state index contributed by atoms with van der Waals surface area (Å²) < 4.78 is 4.75. The number of hydrogen-bond donors (Lipinski definition) is 1. The molecule has 1 N–H and O–H groups in total. The average molecular weight is 579 g/mol. The minimum atomic E-state index is -1.38. The van der Waals surface area contributed by atoms with Gasteiger partial charge in [-0.05, 0) is 91.4 Å². The van der Waals surface area contributed by atoms with E-state index in [-0.39, 0.29) is 11.7 Å². The highest BCUT2D eigenvalue weighted by atomic mass is 16.7. The van der Waals surface area contributed by atoms with Gasteiger partial charge in [-0.25, -0.2) is 14.5 Å². The van der Waals surface area contributed by atoms with Crippen molar-refractivity contribution < 1.29 is 24.2 Å². The number of nitrogens with zero attached hydrogens (tertiary/aromatic N) is 6. The number of ether oxygens (including phenoxy) is 1. The van der Waals surface area contributed by atoms with Crippen LogP contribution in [0.1, 0.15) is 29.7 Å². The topological polar surface area (TPSA) is 129 Å². The fraction of sp³-hybridized carbons (Fsp3) is 0.250. The molecule has 4 heterocycles. The van der Waals surface area contributed by atoms with E-state index in [0.717, 1.165) is 27.9 Å². The summed E-state index contributed by atoms with van der Waals surface area (Å²) in [6.45, 7) is 5.79. The highest BCUT2D eigenvalue weighted by Gasteiger charge is 2.59. The van der Waals surface area contributed by atoms with E-state index in [0.29, 0.717) is 44.0 Å². The zero-order chi connectivity index (χ0) is 30.1. The third kappa shape index (κ3) is 5.19. The number of benzene rings is 2. The van der Waals surface area contributed by atoms with E-state index in [9.17, 15) is 14.4 Å². The summed E-state index contributed by atoms with van der Waals surface area (Å²) >= 11 is 0. The predicted octanol–water partition coefficient (Wildman–Crippen LogP) is 5.22. The third-order valence-corrected chi connectivity index (χ3v) is 8.21. The number of imide groups is 1. The maximum absolute atomic E-state index is 14.3. The molecule has 0 bridgehead atoms. The van der Waals surface area contributed by atoms with E-state index in [1.807, 2.05) is 38.1 Å². The van der Waals surface area contributed by atoms with Crippen molar-refractivity contribution in [3.05, 3.63) is 95.9 Å². The molecule has 2 saturated heterocycles. The van der Waals surface area contributed by atoms with Crippen molar-refractivity contribution in [2.75, 3.05) is 22.9 Å². The van der Waals surface area contributed by atoms with Crippen molar-refractivity contribution in [2.45, 2.75) is 38.8 Å². The lowest BCUT2D eigenvalue weighted by molar-refractivity contribution is -0.123. The first-order valence-corrected chi connectivity index (χ1v) is 14.0. The monoisotopic (exact) mass is 578 g/mol. The Kier molecular flexibility index (Phi) is 7.32. The van der Waals surface area contributed by atoms with Gasteiger partial charge in [0, 0.05) is 32.0 Å². The van der Waals surface area contributed by atoms with Gasteiger partial charge in [-0.2, -0.15) is 5.10 Å². The third-order valence-electron chi connectivity index (χ3n) is 8.21. The zero-order valence-electron chi connectivity index (χ0n) is 23.8. The van der Waals surface area contributed by atoms with E-state index < -0.39 is 17.7 Å². The minimum Gasteiger partial charge on any atom is -0.449 e. The van der Waals surface area contributed by atoms with Crippen molar-refractivity contribution >= 4 is 29.6 Å². The van der Waals surface area contributed by atoms with Gasteiger partial charge in [0.25, 0.3) is 5.91 Å². The maximum atomic E-state index is 14.3. The van der Waals surface area contributed by atoms with Crippen molar-refractivity contribution in [2.24, 2.45) is 0 Å². The highest BCUT2D eigenvalue weighted by molar-refractivity contribution is 6.30. The molecule has 0 aliphatic carbocycles. The fourth-order valence-corrected chi connectivity index (χ4v) is 5.96. The Morgan fingerprint density at radius 2 is 1.70 bits per heavy atom. The van der Waals surface area contributed by atoms with Crippen LogP contribution in [-0.4, -0.2) is 61.9 Å². The molecule has 0 unspecified atom stereocenters. The number of pyridine rings is 1. The number of anilines is 2. The number of urea groups is 1. The van der Waals surface area contributed by atoms with Gasteiger partial charge in [-0.15, -0.1) is 5.10 Å². The Balaban J connectivity index is 1.28. The molecule has 2 aliphatic heterocycles. The van der Waals surface area contributed by atoms with Gasteiger partial charge >= 0.3 is 12.2 Å². The second-order valence-corrected chi connectivity index (χ2v) is 10.8. The molecule has 11 heteroatoms. The first-order valence-electron chi connectivity index (χ1n) is 14.0. The van der Waals surface area contributed by atoms with Crippen LogP contribution < -0.4 is 14.5 Å². The number of carboxylic acid groups (broad SMARTS) is 1. The number of carbonyl (C=O) groups excluding carboxylic acids is 2. The normalized spacial score (nSPS) is 16.6. The molecule has 43 heavy (non-hydrogen) atoms. The number of likely N-dealkylation sites (tertiary alicyclic amines) is 1. The molecule has 2 fully saturated rings. The summed E-state index contributed by atoms with van der Waals surface area (Å²) in [6, 6.07) is 19.1. The Morgan fingerprint density at radius 3 is 2.35 bits per heavy atom. The fourth-order valence-electron chi connectivity index (χ4n) is 5.96. The Labute approximate surface area is 248 Å². The van der Waals surface area contributed by atoms with Gasteiger partial charge in [-0.3, -0.25) is 19.6 Å². The zero-order valence-corrected chi connectivity index (χ0v) is 23.8. The van der Waals surface area contributed by atoms with Crippen LogP contribution in [0.15, 0.2) is 79.1 Å². The smallest absolute Gasteiger partial charge is 0.449 e. The molecule has 4 aromatic rings. The lowest BCUT2D eigenvalue weighted by atomic mass is 9.85. The first-order chi connectivity index (χ1) is 20.8. The first kappa shape index (κ1) is 28.0. The Hall–Kier alpha value is -5.16. The quantitative estimate of drug-likeness (QED) is 0.186. The van der Waals surface area contributed by atoms with Crippen molar-refractivity contribution in [1.29, 1.82) is 0 Å². The van der Waals surface area contributed by atoms with Crippen LogP contribution >= 0.6 is 0 Å². The van der Waals surface area contributed by atoms with E-state index in [2.05, 4.69) is 20.1 Å². The predicted molar refractivity (Wildman–Crippen MR) is 159 cm³/mol. The molecule has 3 amide bonds. The summed E-state index contributed by atoms with van der Waals surface area (Å²) in [5.74, 6) is 0.290. The van der Waals surface area contributed by atoms with Gasteiger partial charge in [0.15, 0.2) is 5.82 Å². The van der Waals surface area contributed by atoms with E-state index in [4.69, 9.17) is 9.84 Å². The number of rotatable bonds is 6. The van der Waals surface area contributed by atoms with Gasteiger partial charge in [0.1, 0.15) is 11.3 Å². The summed E-state index contributed by atoms with van der Waals surface area (Å²) in [7, 11) is 0. The summed E-state index contributed by atoms with van der Waals surface area (Å²) in [4.78, 5) is 48.7. The van der Waals surface area contributed by atoms with E-state index in [1.54, 1.807) is 48.7 Å². The van der Waals surface area contributed by atoms with Crippen LogP contribution in [0.2, 0.25) is 0 Å². The second kappa shape index (κ2) is 11.3. The lowest BCUT2D eigenvalue weighted by Gasteiger charge is -2.41. The number of hydrogen-bond acceptors (Lipinski definition) is 8. The molecule has 0 radical (unpaired) electrons. The van der Waals surface area contributed by atoms with Gasteiger partial charge in [0.05, 0.1) is 11.4 Å².